The van der Waals surface area contributed by atoms with Crippen LogP contribution < -0.4 is 11.1 Å². The van der Waals surface area contributed by atoms with Crippen LogP contribution in [0.15, 0.2) is 24.3 Å². The van der Waals surface area contributed by atoms with E-state index in [-0.39, 0.29) is 5.91 Å². The fourth-order valence-corrected chi connectivity index (χ4v) is 1.32. The summed E-state index contributed by atoms with van der Waals surface area (Å²) in [5.74, 6) is -0.0986. The highest BCUT2D eigenvalue weighted by molar-refractivity contribution is 5.90. The maximum Gasteiger partial charge on any atom is 0.225 e. The van der Waals surface area contributed by atoms with E-state index in [0.29, 0.717) is 18.7 Å². The van der Waals surface area contributed by atoms with Gasteiger partial charge in [0.15, 0.2) is 0 Å². The molecule has 1 aromatic rings. The molecule has 0 aliphatic rings. The highest BCUT2D eigenvalue weighted by Crippen LogP contribution is 2.21. The molecular formula is C12H18N2O2. The van der Waals surface area contributed by atoms with Crippen LogP contribution in [-0.4, -0.2) is 17.6 Å². The highest BCUT2D eigenvalue weighted by Gasteiger charge is 2.15. The molecule has 0 saturated carbocycles. The van der Waals surface area contributed by atoms with Crippen LogP contribution in [0.25, 0.3) is 0 Å². The van der Waals surface area contributed by atoms with Crippen LogP contribution in [0.4, 0.5) is 5.69 Å². The Kier molecular flexibility index (Phi) is 4.04. The predicted molar refractivity (Wildman–Crippen MR) is 64.0 cm³/mol. The summed E-state index contributed by atoms with van der Waals surface area (Å²) in [6.07, 6.45) is 0.313. The number of rotatable bonds is 4. The Bertz CT molecular complexity index is 352. The number of carbonyl (C=O) groups excluding carboxylic acids is 1. The van der Waals surface area contributed by atoms with Gasteiger partial charge in [-0.15, -0.1) is 0 Å². The number of benzene rings is 1. The molecule has 0 spiro atoms. The summed E-state index contributed by atoms with van der Waals surface area (Å²) in [5.41, 5.74) is 5.93. The van der Waals surface area contributed by atoms with E-state index < -0.39 is 5.60 Å². The lowest BCUT2D eigenvalue weighted by atomic mass is 9.98. The van der Waals surface area contributed by atoms with Crippen molar-refractivity contribution in [1.29, 1.82) is 0 Å². The first-order chi connectivity index (χ1) is 7.43. The quantitative estimate of drug-likeness (QED) is 0.716. The van der Waals surface area contributed by atoms with Gasteiger partial charge in [0.25, 0.3) is 0 Å². The van der Waals surface area contributed by atoms with Gasteiger partial charge in [-0.2, -0.15) is 0 Å². The summed E-state index contributed by atoms with van der Waals surface area (Å²) in [6, 6.07) is 7.11. The van der Waals surface area contributed by atoms with Crippen molar-refractivity contribution < 1.29 is 9.90 Å². The van der Waals surface area contributed by atoms with Crippen molar-refractivity contribution >= 4 is 11.6 Å². The third-order valence-electron chi connectivity index (χ3n) is 2.25. The van der Waals surface area contributed by atoms with E-state index in [1.165, 1.54) is 0 Å². The first-order valence-corrected chi connectivity index (χ1v) is 5.26. The number of anilines is 1. The number of hydrogen-bond acceptors (Lipinski definition) is 3. The molecule has 0 saturated heterocycles. The van der Waals surface area contributed by atoms with Crippen LogP contribution in [0.3, 0.4) is 0 Å². The van der Waals surface area contributed by atoms with Crippen LogP contribution in [0, 0.1) is 0 Å². The second-order valence-electron chi connectivity index (χ2n) is 4.22. The Morgan fingerprint density at radius 3 is 2.38 bits per heavy atom. The SMILES string of the molecule is CC(C)(O)c1ccc(NC(=O)CCN)cc1. The molecule has 1 aromatic carbocycles. The molecule has 0 bridgehead atoms. The zero-order valence-corrected chi connectivity index (χ0v) is 9.66. The molecule has 0 unspecified atom stereocenters. The molecule has 0 aromatic heterocycles. The van der Waals surface area contributed by atoms with Crippen LogP contribution >= 0.6 is 0 Å². The fourth-order valence-electron chi connectivity index (χ4n) is 1.32. The molecule has 1 amide bonds. The highest BCUT2D eigenvalue weighted by atomic mass is 16.3. The number of amides is 1. The molecule has 0 atom stereocenters. The maximum absolute atomic E-state index is 11.3. The van der Waals surface area contributed by atoms with E-state index in [2.05, 4.69) is 5.32 Å². The average molecular weight is 222 g/mol. The Hall–Kier alpha value is -1.39. The van der Waals surface area contributed by atoms with Gasteiger partial charge in [0.2, 0.25) is 5.91 Å². The number of carbonyl (C=O) groups is 1. The van der Waals surface area contributed by atoms with Crippen molar-refractivity contribution in [2.24, 2.45) is 5.73 Å². The molecule has 16 heavy (non-hydrogen) atoms. The van der Waals surface area contributed by atoms with E-state index in [9.17, 15) is 9.90 Å². The average Bonchev–Trinajstić information content (AvgIpc) is 2.17. The number of nitrogens with one attached hydrogen (secondary N) is 1. The van der Waals surface area contributed by atoms with Gasteiger partial charge in [0.1, 0.15) is 0 Å². The van der Waals surface area contributed by atoms with Gasteiger partial charge in [-0.3, -0.25) is 4.79 Å². The van der Waals surface area contributed by atoms with Crippen LogP contribution in [0.5, 0.6) is 0 Å². The molecule has 0 aliphatic carbocycles. The predicted octanol–water partition coefficient (Wildman–Crippen LogP) is 1.20. The van der Waals surface area contributed by atoms with E-state index in [0.717, 1.165) is 5.56 Å². The van der Waals surface area contributed by atoms with Gasteiger partial charge in [-0.1, -0.05) is 12.1 Å². The summed E-state index contributed by atoms with van der Waals surface area (Å²) in [7, 11) is 0. The van der Waals surface area contributed by atoms with Crippen molar-refractivity contribution in [2.75, 3.05) is 11.9 Å². The number of nitrogens with two attached hydrogens (primary N) is 1. The third kappa shape index (κ3) is 3.64. The molecule has 0 fully saturated rings. The molecule has 0 heterocycles. The van der Waals surface area contributed by atoms with Gasteiger partial charge < -0.3 is 16.2 Å². The first-order valence-electron chi connectivity index (χ1n) is 5.26. The Morgan fingerprint density at radius 2 is 1.94 bits per heavy atom. The Labute approximate surface area is 95.5 Å². The molecule has 0 aliphatic heterocycles. The Morgan fingerprint density at radius 1 is 1.38 bits per heavy atom. The maximum atomic E-state index is 11.3. The largest absolute Gasteiger partial charge is 0.386 e. The molecule has 4 nitrogen and oxygen atoms in total. The molecular weight excluding hydrogens is 204 g/mol. The van der Waals surface area contributed by atoms with Crippen molar-refractivity contribution in [3.63, 3.8) is 0 Å². The minimum absolute atomic E-state index is 0.0986. The molecule has 1 rings (SSSR count). The van der Waals surface area contributed by atoms with E-state index >= 15 is 0 Å². The fraction of sp³-hybridized carbons (Fsp3) is 0.417. The zero-order valence-electron chi connectivity index (χ0n) is 9.66. The van der Waals surface area contributed by atoms with Gasteiger partial charge in [-0.25, -0.2) is 0 Å². The second kappa shape index (κ2) is 5.09. The normalized spacial score (nSPS) is 11.2. The van der Waals surface area contributed by atoms with Crippen molar-refractivity contribution in [3.05, 3.63) is 29.8 Å². The van der Waals surface area contributed by atoms with Crippen LogP contribution in [0.1, 0.15) is 25.8 Å². The minimum atomic E-state index is -0.861. The van der Waals surface area contributed by atoms with Crippen molar-refractivity contribution in [3.8, 4) is 0 Å². The van der Waals surface area contributed by atoms with Gasteiger partial charge in [0, 0.05) is 18.7 Å². The lowest BCUT2D eigenvalue weighted by Gasteiger charge is -2.17. The summed E-state index contributed by atoms with van der Waals surface area (Å²) >= 11 is 0. The monoisotopic (exact) mass is 222 g/mol. The van der Waals surface area contributed by atoms with Gasteiger partial charge in [0.05, 0.1) is 5.60 Å². The summed E-state index contributed by atoms with van der Waals surface area (Å²) in [5, 5.41) is 12.5. The van der Waals surface area contributed by atoms with E-state index in [4.69, 9.17) is 5.73 Å². The number of aliphatic hydroxyl groups is 1. The Balaban J connectivity index is 2.69. The zero-order chi connectivity index (χ0) is 12.2. The standard InChI is InChI=1S/C12H18N2O2/c1-12(2,16)9-3-5-10(6-4-9)14-11(15)7-8-13/h3-6,16H,7-8,13H2,1-2H3,(H,14,15). The third-order valence-corrected chi connectivity index (χ3v) is 2.25. The smallest absolute Gasteiger partial charge is 0.225 e. The van der Waals surface area contributed by atoms with E-state index in [1.54, 1.807) is 38.1 Å². The summed E-state index contributed by atoms with van der Waals surface area (Å²) in [6.45, 7) is 3.78. The van der Waals surface area contributed by atoms with Crippen LogP contribution in [0.2, 0.25) is 0 Å². The lowest BCUT2D eigenvalue weighted by Crippen LogP contribution is -2.17. The van der Waals surface area contributed by atoms with Gasteiger partial charge >= 0.3 is 0 Å². The molecule has 4 N–H and O–H groups in total. The van der Waals surface area contributed by atoms with Crippen molar-refractivity contribution in [1.82, 2.24) is 0 Å². The van der Waals surface area contributed by atoms with Crippen molar-refractivity contribution in [2.45, 2.75) is 25.9 Å². The second-order valence-corrected chi connectivity index (χ2v) is 4.22. The lowest BCUT2D eigenvalue weighted by molar-refractivity contribution is -0.116. The summed E-state index contributed by atoms with van der Waals surface area (Å²) in [4.78, 5) is 11.3. The number of hydrogen-bond donors (Lipinski definition) is 3. The van der Waals surface area contributed by atoms with Gasteiger partial charge in [-0.05, 0) is 31.5 Å². The molecule has 88 valence electrons. The summed E-state index contributed by atoms with van der Waals surface area (Å²) < 4.78 is 0. The first kappa shape index (κ1) is 12.7. The van der Waals surface area contributed by atoms with Crippen LogP contribution in [-0.2, 0) is 10.4 Å². The molecule has 0 radical (unpaired) electrons. The topological polar surface area (TPSA) is 75.3 Å². The van der Waals surface area contributed by atoms with E-state index in [1.807, 2.05) is 0 Å². The minimum Gasteiger partial charge on any atom is -0.386 e. The molecule has 4 heteroatoms.